The molecular formula is C31H27ClN2O4S. The van der Waals surface area contributed by atoms with E-state index in [-0.39, 0.29) is 18.3 Å². The van der Waals surface area contributed by atoms with Gasteiger partial charge in [0.1, 0.15) is 5.75 Å². The van der Waals surface area contributed by atoms with Gasteiger partial charge >= 0.3 is 5.97 Å². The molecule has 6 nitrogen and oxygen atoms in total. The molecule has 0 fully saturated rings. The maximum atomic E-state index is 14.0. The fourth-order valence-corrected chi connectivity index (χ4v) is 5.62. The van der Waals surface area contributed by atoms with Crippen LogP contribution in [0.3, 0.4) is 0 Å². The monoisotopic (exact) mass is 558 g/mol. The summed E-state index contributed by atoms with van der Waals surface area (Å²) in [5.41, 5.74) is 2.78. The van der Waals surface area contributed by atoms with Crippen molar-refractivity contribution in [1.82, 2.24) is 4.57 Å². The number of thiazole rings is 1. The highest BCUT2D eigenvalue weighted by Crippen LogP contribution is 2.35. The smallest absolute Gasteiger partial charge is 0.338 e. The Hall–Kier alpha value is -3.94. The quantitative estimate of drug-likeness (QED) is 0.286. The molecule has 0 spiro atoms. The van der Waals surface area contributed by atoms with Gasteiger partial charge in [0.15, 0.2) is 4.80 Å². The molecule has 3 aromatic carbocycles. The van der Waals surface area contributed by atoms with Gasteiger partial charge in [-0.1, -0.05) is 83.6 Å². The van der Waals surface area contributed by atoms with Crippen LogP contribution in [0.15, 0.2) is 94.2 Å². The first-order chi connectivity index (χ1) is 18.9. The third-order valence-electron chi connectivity index (χ3n) is 6.13. The molecule has 198 valence electrons. The van der Waals surface area contributed by atoms with Gasteiger partial charge in [0.2, 0.25) is 0 Å². The Morgan fingerprint density at radius 1 is 1.05 bits per heavy atom. The van der Waals surface area contributed by atoms with Gasteiger partial charge in [-0.25, -0.2) is 9.79 Å². The lowest BCUT2D eigenvalue weighted by molar-refractivity contribution is -0.138. The lowest BCUT2D eigenvalue weighted by atomic mass is 9.93. The van der Waals surface area contributed by atoms with Crippen molar-refractivity contribution in [3.05, 3.63) is 126 Å². The summed E-state index contributed by atoms with van der Waals surface area (Å²) < 4.78 is 13.5. The van der Waals surface area contributed by atoms with E-state index in [1.54, 1.807) is 23.6 Å². The van der Waals surface area contributed by atoms with Crippen LogP contribution in [0.4, 0.5) is 0 Å². The highest BCUT2D eigenvalue weighted by molar-refractivity contribution is 7.07. The van der Waals surface area contributed by atoms with Crippen LogP contribution in [0.5, 0.6) is 5.75 Å². The van der Waals surface area contributed by atoms with Crippen molar-refractivity contribution in [2.45, 2.75) is 32.9 Å². The maximum absolute atomic E-state index is 14.0. The molecule has 8 heteroatoms. The van der Waals surface area contributed by atoms with Gasteiger partial charge in [-0.3, -0.25) is 9.36 Å². The third-order valence-corrected chi connectivity index (χ3v) is 7.36. The predicted molar refractivity (Wildman–Crippen MR) is 155 cm³/mol. The molecule has 0 aliphatic carbocycles. The van der Waals surface area contributed by atoms with Crippen LogP contribution in [0, 0.1) is 0 Å². The Bertz CT molecular complexity index is 1720. The third kappa shape index (κ3) is 5.46. The first-order valence-corrected chi connectivity index (χ1v) is 13.9. The molecule has 0 N–H and O–H groups in total. The fraction of sp³-hybridized carbons (Fsp3) is 0.194. The number of hydrogen-bond donors (Lipinski definition) is 0. The van der Waals surface area contributed by atoms with Crippen molar-refractivity contribution in [2.75, 3.05) is 6.61 Å². The molecule has 0 radical (unpaired) electrons. The van der Waals surface area contributed by atoms with Gasteiger partial charge < -0.3 is 9.47 Å². The number of fused-ring (bicyclic) bond motifs is 1. The van der Waals surface area contributed by atoms with E-state index in [0.29, 0.717) is 31.4 Å². The van der Waals surface area contributed by atoms with Crippen molar-refractivity contribution < 1.29 is 14.3 Å². The number of carbonyl (C=O) groups excluding carboxylic acids is 1. The van der Waals surface area contributed by atoms with E-state index >= 15 is 0 Å². The molecule has 1 aromatic heterocycles. The van der Waals surface area contributed by atoms with Gasteiger partial charge in [0.05, 0.1) is 34.6 Å². The van der Waals surface area contributed by atoms with Crippen molar-refractivity contribution in [1.29, 1.82) is 0 Å². The van der Waals surface area contributed by atoms with Gasteiger partial charge in [0, 0.05) is 16.1 Å². The summed E-state index contributed by atoms with van der Waals surface area (Å²) in [5.74, 6) is 0.162. The van der Waals surface area contributed by atoms with E-state index < -0.39 is 12.0 Å². The largest absolute Gasteiger partial charge is 0.490 e. The topological polar surface area (TPSA) is 69.9 Å². The average Bonchev–Trinajstić information content (AvgIpc) is 3.24. The molecule has 0 amide bonds. The van der Waals surface area contributed by atoms with Crippen LogP contribution in [0.1, 0.15) is 43.5 Å². The molecule has 0 unspecified atom stereocenters. The van der Waals surface area contributed by atoms with Crippen molar-refractivity contribution >= 4 is 40.7 Å². The number of rotatable bonds is 7. The van der Waals surface area contributed by atoms with Crippen molar-refractivity contribution in [2.24, 2.45) is 4.99 Å². The van der Waals surface area contributed by atoms with Gasteiger partial charge in [-0.15, -0.1) is 0 Å². The number of hydrogen-bond acceptors (Lipinski definition) is 6. The maximum Gasteiger partial charge on any atom is 0.338 e. The molecule has 1 atom stereocenters. The van der Waals surface area contributed by atoms with Gasteiger partial charge in [-0.2, -0.15) is 0 Å². The zero-order chi connectivity index (χ0) is 27.5. The van der Waals surface area contributed by atoms with Crippen LogP contribution in [-0.4, -0.2) is 23.2 Å². The number of nitrogens with zero attached hydrogens (tertiary/aromatic N) is 2. The van der Waals surface area contributed by atoms with E-state index in [2.05, 4.69) is 0 Å². The second-order valence-corrected chi connectivity index (χ2v) is 10.6. The first-order valence-electron chi connectivity index (χ1n) is 12.7. The van der Waals surface area contributed by atoms with Gasteiger partial charge in [-0.05, 0) is 50.6 Å². The summed E-state index contributed by atoms with van der Waals surface area (Å²) in [6, 6.07) is 23.4. The second-order valence-electron chi connectivity index (χ2n) is 9.19. The number of para-hydroxylation sites is 1. The summed E-state index contributed by atoms with van der Waals surface area (Å²) in [7, 11) is 0. The van der Waals surface area contributed by atoms with E-state index in [1.165, 1.54) is 11.3 Å². The Labute approximate surface area is 235 Å². The Balaban J connectivity index is 1.80. The van der Waals surface area contributed by atoms with Crippen LogP contribution >= 0.6 is 22.9 Å². The molecule has 5 rings (SSSR count). The molecule has 1 aliphatic heterocycles. The van der Waals surface area contributed by atoms with E-state index in [1.807, 2.05) is 86.7 Å². The molecule has 0 saturated carbocycles. The number of esters is 1. The van der Waals surface area contributed by atoms with Crippen molar-refractivity contribution in [3.8, 4) is 5.75 Å². The van der Waals surface area contributed by atoms with E-state index in [0.717, 1.165) is 16.7 Å². The molecule has 2 heterocycles. The van der Waals surface area contributed by atoms with Crippen LogP contribution in [-0.2, 0) is 9.53 Å². The summed E-state index contributed by atoms with van der Waals surface area (Å²) in [6.07, 6.45) is 1.79. The lowest BCUT2D eigenvalue weighted by Gasteiger charge is -2.25. The summed E-state index contributed by atoms with van der Waals surface area (Å²) in [6.45, 7) is 5.86. The zero-order valence-electron chi connectivity index (χ0n) is 21.8. The fourth-order valence-electron chi connectivity index (χ4n) is 4.50. The zero-order valence-corrected chi connectivity index (χ0v) is 23.3. The minimum Gasteiger partial charge on any atom is -0.490 e. The Morgan fingerprint density at radius 2 is 1.74 bits per heavy atom. The Kier molecular flexibility index (Phi) is 7.82. The highest BCUT2D eigenvalue weighted by atomic mass is 35.5. The van der Waals surface area contributed by atoms with Gasteiger partial charge in [0.25, 0.3) is 5.56 Å². The summed E-state index contributed by atoms with van der Waals surface area (Å²) in [5, 5.41) is 0.554. The molecule has 1 aliphatic rings. The average molecular weight is 559 g/mol. The van der Waals surface area contributed by atoms with Crippen LogP contribution in [0.2, 0.25) is 5.02 Å². The standard InChI is InChI=1S/C31H27ClN2O4S/c1-4-37-30(36)26-27(20-10-6-5-7-11-20)33-31-34(28(26)21-14-16-23(32)17-15-21)29(35)25(39-31)18-22-12-8-9-13-24(22)38-19(2)3/h5-19,28H,4H2,1-3H3/b25-18-/t28-/m1/s1. The minimum absolute atomic E-state index is 0.0220. The number of benzene rings is 3. The van der Waals surface area contributed by atoms with Crippen LogP contribution < -0.4 is 19.6 Å². The molecular weight excluding hydrogens is 532 g/mol. The van der Waals surface area contributed by atoms with E-state index in [9.17, 15) is 9.59 Å². The van der Waals surface area contributed by atoms with Crippen LogP contribution in [0.25, 0.3) is 11.8 Å². The molecule has 0 bridgehead atoms. The molecule has 4 aromatic rings. The highest BCUT2D eigenvalue weighted by Gasteiger charge is 2.35. The number of aromatic nitrogens is 1. The second kappa shape index (κ2) is 11.4. The lowest BCUT2D eigenvalue weighted by Crippen LogP contribution is -2.40. The summed E-state index contributed by atoms with van der Waals surface area (Å²) >= 11 is 7.47. The summed E-state index contributed by atoms with van der Waals surface area (Å²) in [4.78, 5) is 32.9. The predicted octanol–water partition coefficient (Wildman–Crippen LogP) is 5.38. The Morgan fingerprint density at radius 3 is 2.44 bits per heavy atom. The molecule has 0 saturated heterocycles. The first kappa shape index (κ1) is 26.7. The number of carbonyl (C=O) groups is 1. The SMILES string of the molecule is CCOC(=O)C1=C(c2ccccc2)N=c2s/c(=C\c3ccccc3OC(C)C)c(=O)n2[C@@H]1c1ccc(Cl)cc1. The molecule has 39 heavy (non-hydrogen) atoms. The van der Waals surface area contributed by atoms with E-state index in [4.69, 9.17) is 26.1 Å². The minimum atomic E-state index is -0.753. The van der Waals surface area contributed by atoms with Crippen molar-refractivity contribution in [3.63, 3.8) is 0 Å². The number of halogens is 1. The number of ether oxygens (including phenoxy) is 2. The normalized spacial score (nSPS) is 15.2.